The molecule has 7 heteroatoms. The highest BCUT2D eigenvalue weighted by Crippen LogP contribution is 2.31. The van der Waals surface area contributed by atoms with Gasteiger partial charge in [-0.25, -0.2) is 12.7 Å². The highest BCUT2D eigenvalue weighted by molar-refractivity contribution is 7.94. The van der Waals surface area contributed by atoms with Crippen molar-refractivity contribution >= 4 is 33.2 Å². The number of hydrogen-bond acceptors (Lipinski definition) is 4. The normalized spacial score (nSPS) is 21.2. The molecule has 1 saturated heterocycles. The van der Waals surface area contributed by atoms with Crippen molar-refractivity contribution in [3.8, 4) is 0 Å². The summed E-state index contributed by atoms with van der Waals surface area (Å²) >= 11 is 0. The third kappa shape index (κ3) is 3.12. The van der Waals surface area contributed by atoms with Crippen LogP contribution in [0.3, 0.4) is 0 Å². The van der Waals surface area contributed by atoms with Gasteiger partial charge in [0.15, 0.2) is 0 Å². The van der Waals surface area contributed by atoms with Crippen LogP contribution in [0, 0.1) is 5.92 Å². The first-order valence-electron chi connectivity index (χ1n) is 8.92. The van der Waals surface area contributed by atoms with Crippen LogP contribution in [0.1, 0.15) is 29.3 Å². The van der Waals surface area contributed by atoms with Crippen molar-refractivity contribution in [2.45, 2.75) is 19.8 Å². The predicted molar refractivity (Wildman–Crippen MR) is 103 cm³/mol. The Morgan fingerprint density at radius 3 is 2.44 bits per heavy atom. The fourth-order valence-electron chi connectivity index (χ4n) is 3.75. The lowest BCUT2D eigenvalue weighted by Gasteiger charge is -2.33. The molecule has 2 aliphatic rings. The summed E-state index contributed by atoms with van der Waals surface area (Å²) < 4.78 is 24.9. The van der Waals surface area contributed by atoms with Gasteiger partial charge in [0.05, 0.1) is 11.4 Å². The highest BCUT2D eigenvalue weighted by Gasteiger charge is 2.36. The van der Waals surface area contributed by atoms with Crippen molar-refractivity contribution in [3.63, 3.8) is 0 Å². The Balaban J connectivity index is 1.63. The molecule has 0 aromatic heterocycles. The highest BCUT2D eigenvalue weighted by atomic mass is 32.2. The van der Waals surface area contributed by atoms with Crippen molar-refractivity contribution < 1.29 is 18.0 Å². The zero-order valence-corrected chi connectivity index (χ0v) is 15.8. The number of sulfonamides is 1. The van der Waals surface area contributed by atoms with Crippen molar-refractivity contribution in [2.75, 3.05) is 21.5 Å². The van der Waals surface area contributed by atoms with Gasteiger partial charge in [0.2, 0.25) is 15.9 Å². The molecule has 1 fully saturated rings. The van der Waals surface area contributed by atoms with Crippen molar-refractivity contribution in [3.05, 3.63) is 59.7 Å². The van der Waals surface area contributed by atoms with E-state index < -0.39 is 15.9 Å². The Bertz CT molecular complexity index is 1010. The van der Waals surface area contributed by atoms with Crippen molar-refractivity contribution in [1.29, 1.82) is 0 Å². The predicted octanol–water partition coefficient (Wildman–Crippen LogP) is 2.59. The Morgan fingerprint density at radius 1 is 1.07 bits per heavy atom. The maximum atomic E-state index is 13.1. The molecule has 0 bridgehead atoms. The molecule has 0 spiro atoms. The molecule has 0 saturated carbocycles. The average Bonchev–Trinajstić information content (AvgIpc) is 2.93. The van der Waals surface area contributed by atoms with Gasteiger partial charge in [-0.15, -0.1) is 0 Å². The molecular weight excluding hydrogens is 364 g/mol. The van der Waals surface area contributed by atoms with Gasteiger partial charge in [0.25, 0.3) is 5.91 Å². The third-order valence-electron chi connectivity index (χ3n) is 5.02. The molecule has 0 N–H and O–H groups in total. The van der Waals surface area contributed by atoms with Gasteiger partial charge in [-0.05, 0) is 48.2 Å². The van der Waals surface area contributed by atoms with Gasteiger partial charge in [0, 0.05) is 24.2 Å². The molecular formula is C20H20N2O4S. The number of fused-ring (bicyclic) bond motifs is 1. The second-order valence-corrected chi connectivity index (χ2v) is 9.06. The van der Waals surface area contributed by atoms with Crippen LogP contribution in [-0.2, 0) is 21.2 Å². The largest absolute Gasteiger partial charge is 0.308 e. The topological polar surface area (TPSA) is 74.8 Å². The fraction of sp³-hybridized carbons (Fsp3) is 0.300. The van der Waals surface area contributed by atoms with Crippen molar-refractivity contribution in [2.24, 2.45) is 5.92 Å². The molecule has 2 heterocycles. The molecule has 4 rings (SSSR count). The van der Waals surface area contributed by atoms with Crippen LogP contribution in [0.15, 0.2) is 48.5 Å². The van der Waals surface area contributed by atoms with E-state index in [0.717, 1.165) is 22.0 Å². The number of amides is 2. The SMILES string of the molecule is CC1Cc2ccccc2N(C(=O)c2ccc(N3C(=O)CCS3(=O)=O)cc2)C1. The smallest absolute Gasteiger partial charge is 0.258 e. The lowest BCUT2D eigenvalue weighted by Crippen LogP contribution is -2.39. The summed E-state index contributed by atoms with van der Waals surface area (Å²) in [5.41, 5.74) is 2.81. The first kappa shape index (κ1) is 17.7. The fourth-order valence-corrected chi connectivity index (χ4v) is 5.21. The van der Waals surface area contributed by atoms with Crippen molar-refractivity contribution in [1.82, 2.24) is 0 Å². The minimum Gasteiger partial charge on any atom is -0.308 e. The number of para-hydroxylation sites is 1. The Labute approximate surface area is 158 Å². The summed E-state index contributed by atoms with van der Waals surface area (Å²) in [6.45, 7) is 2.75. The van der Waals surface area contributed by atoms with Gasteiger partial charge in [0.1, 0.15) is 0 Å². The molecule has 1 atom stereocenters. The number of benzene rings is 2. The lowest BCUT2D eigenvalue weighted by molar-refractivity contribution is -0.116. The number of rotatable bonds is 2. The Morgan fingerprint density at radius 2 is 1.78 bits per heavy atom. The van der Waals surface area contributed by atoms with E-state index in [1.54, 1.807) is 17.0 Å². The summed E-state index contributed by atoms with van der Waals surface area (Å²) in [4.78, 5) is 26.7. The van der Waals surface area contributed by atoms with E-state index in [4.69, 9.17) is 0 Å². The molecule has 2 aromatic carbocycles. The van der Waals surface area contributed by atoms with E-state index in [0.29, 0.717) is 18.0 Å². The van der Waals surface area contributed by atoms with Crippen LogP contribution in [0.5, 0.6) is 0 Å². The van der Waals surface area contributed by atoms with E-state index >= 15 is 0 Å². The average molecular weight is 384 g/mol. The number of anilines is 2. The van der Waals surface area contributed by atoms with Crippen LogP contribution in [0.4, 0.5) is 11.4 Å². The van der Waals surface area contributed by atoms with Crippen LogP contribution < -0.4 is 9.21 Å². The van der Waals surface area contributed by atoms with Gasteiger partial charge in [-0.2, -0.15) is 0 Å². The number of carbonyl (C=O) groups excluding carboxylic acids is 2. The first-order valence-corrected chi connectivity index (χ1v) is 10.5. The Hall–Kier alpha value is -2.67. The number of carbonyl (C=O) groups is 2. The van der Waals surface area contributed by atoms with E-state index in [1.165, 1.54) is 12.1 Å². The maximum Gasteiger partial charge on any atom is 0.258 e. The summed E-state index contributed by atoms with van der Waals surface area (Å²) in [5.74, 6) is -0.380. The molecule has 0 aliphatic carbocycles. The minimum atomic E-state index is -3.60. The van der Waals surface area contributed by atoms with Crippen LogP contribution in [0.25, 0.3) is 0 Å². The zero-order valence-electron chi connectivity index (χ0n) is 15.0. The van der Waals surface area contributed by atoms with E-state index in [9.17, 15) is 18.0 Å². The summed E-state index contributed by atoms with van der Waals surface area (Å²) in [5, 5.41) is 0. The van der Waals surface area contributed by atoms with E-state index in [2.05, 4.69) is 6.92 Å². The monoisotopic (exact) mass is 384 g/mol. The van der Waals surface area contributed by atoms with Crippen LogP contribution in [0.2, 0.25) is 0 Å². The summed E-state index contributed by atoms with van der Waals surface area (Å²) in [6.07, 6.45) is 0.930. The molecule has 0 radical (unpaired) electrons. The lowest BCUT2D eigenvalue weighted by atomic mass is 9.93. The van der Waals surface area contributed by atoms with Crippen LogP contribution >= 0.6 is 0 Å². The molecule has 6 nitrogen and oxygen atoms in total. The first-order chi connectivity index (χ1) is 12.9. The molecule has 2 aliphatic heterocycles. The molecule has 2 amide bonds. The second-order valence-electron chi connectivity index (χ2n) is 7.12. The van der Waals surface area contributed by atoms with Gasteiger partial charge in [-0.1, -0.05) is 25.1 Å². The summed E-state index contributed by atoms with van der Waals surface area (Å²) in [6, 6.07) is 14.1. The van der Waals surface area contributed by atoms with E-state index in [-0.39, 0.29) is 23.8 Å². The molecule has 2 aromatic rings. The zero-order chi connectivity index (χ0) is 19.2. The number of nitrogens with zero attached hydrogens (tertiary/aromatic N) is 2. The maximum absolute atomic E-state index is 13.1. The number of hydrogen-bond donors (Lipinski definition) is 0. The minimum absolute atomic E-state index is 0.00847. The van der Waals surface area contributed by atoms with E-state index in [1.807, 2.05) is 24.3 Å². The molecule has 27 heavy (non-hydrogen) atoms. The van der Waals surface area contributed by atoms with Gasteiger partial charge >= 0.3 is 0 Å². The van der Waals surface area contributed by atoms with Gasteiger partial charge < -0.3 is 4.90 Å². The van der Waals surface area contributed by atoms with Gasteiger partial charge in [-0.3, -0.25) is 9.59 Å². The third-order valence-corrected chi connectivity index (χ3v) is 6.71. The molecule has 1 unspecified atom stereocenters. The van der Waals surface area contributed by atoms with Crippen LogP contribution in [-0.4, -0.2) is 32.5 Å². The standard InChI is InChI=1S/C20H20N2O4S/c1-14-12-16-4-2-3-5-18(16)21(13-14)20(24)15-6-8-17(9-7-15)22-19(23)10-11-27(22,25)26/h2-9,14H,10-13H2,1H3. The quantitative estimate of drug-likeness (QED) is 0.798. The second kappa shape index (κ2) is 6.49. The summed E-state index contributed by atoms with van der Waals surface area (Å²) in [7, 11) is -3.60. The molecule has 140 valence electrons. The Kier molecular flexibility index (Phi) is 4.26.